The fraction of sp³-hybridized carbons (Fsp3) is 0.692. The lowest BCUT2D eigenvalue weighted by atomic mass is 10.2. The molecule has 0 aromatic carbocycles. The first-order valence-corrected chi connectivity index (χ1v) is 6.37. The van der Waals surface area contributed by atoms with E-state index < -0.39 is 0 Å². The maximum atomic E-state index is 11.5. The Morgan fingerprint density at radius 2 is 2.11 bits per heavy atom. The van der Waals surface area contributed by atoms with Crippen molar-refractivity contribution in [2.75, 3.05) is 6.61 Å². The SMILES string of the molecule is CCOC(=O)Cn1nc(C)c(CNC(C)C)c1C. The molecule has 0 aliphatic carbocycles. The summed E-state index contributed by atoms with van der Waals surface area (Å²) in [5.41, 5.74) is 3.15. The molecule has 0 spiro atoms. The first-order chi connectivity index (χ1) is 8.45. The van der Waals surface area contributed by atoms with Gasteiger partial charge in [0.05, 0.1) is 12.3 Å². The highest BCUT2D eigenvalue weighted by Crippen LogP contribution is 2.13. The molecule has 0 saturated heterocycles. The number of carbonyl (C=O) groups is 1. The van der Waals surface area contributed by atoms with Crippen LogP contribution < -0.4 is 5.32 Å². The molecule has 0 aliphatic rings. The van der Waals surface area contributed by atoms with E-state index in [9.17, 15) is 4.79 Å². The average molecular weight is 253 g/mol. The third kappa shape index (κ3) is 3.84. The number of carbonyl (C=O) groups excluding carboxylic acids is 1. The van der Waals surface area contributed by atoms with E-state index in [1.165, 1.54) is 0 Å². The molecule has 0 amide bonds. The van der Waals surface area contributed by atoms with E-state index in [2.05, 4.69) is 24.3 Å². The van der Waals surface area contributed by atoms with Crippen LogP contribution in [0.15, 0.2) is 0 Å². The van der Waals surface area contributed by atoms with Crippen molar-refractivity contribution in [1.82, 2.24) is 15.1 Å². The highest BCUT2D eigenvalue weighted by molar-refractivity contribution is 5.69. The molecule has 0 atom stereocenters. The van der Waals surface area contributed by atoms with E-state index in [1.807, 2.05) is 13.8 Å². The van der Waals surface area contributed by atoms with Crippen molar-refractivity contribution in [3.63, 3.8) is 0 Å². The van der Waals surface area contributed by atoms with E-state index in [0.717, 1.165) is 23.5 Å². The molecule has 102 valence electrons. The van der Waals surface area contributed by atoms with Crippen molar-refractivity contribution in [3.05, 3.63) is 17.0 Å². The Balaban J connectivity index is 2.77. The monoisotopic (exact) mass is 253 g/mol. The highest BCUT2D eigenvalue weighted by Gasteiger charge is 2.14. The summed E-state index contributed by atoms with van der Waals surface area (Å²) in [6.07, 6.45) is 0. The molecular formula is C13H23N3O2. The Morgan fingerprint density at radius 1 is 1.44 bits per heavy atom. The smallest absolute Gasteiger partial charge is 0.327 e. The van der Waals surface area contributed by atoms with Crippen LogP contribution in [-0.2, 0) is 22.6 Å². The van der Waals surface area contributed by atoms with Crippen molar-refractivity contribution in [1.29, 1.82) is 0 Å². The molecule has 0 bridgehead atoms. The lowest BCUT2D eigenvalue weighted by Gasteiger charge is -2.08. The quantitative estimate of drug-likeness (QED) is 0.782. The van der Waals surface area contributed by atoms with Crippen LogP contribution in [0.4, 0.5) is 0 Å². The van der Waals surface area contributed by atoms with Crippen molar-refractivity contribution in [2.24, 2.45) is 0 Å². The number of hydrogen-bond acceptors (Lipinski definition) is 4. The van der Waals surface area contributed by atoms with Crippen LogP contribution in [0.1, 0.15) is 37.7 Å². The Morgan fingerprint density at radius 3 is 2.67 bits per heavy atom. The molecule has 1 aromatic heterocycles. The van der Waals surface area contributed by atoms with Gasteiger partial charge in [0.2, 0.25) is 0 Å². The molecule has 5 heteroatoms. The molecule has 0 radical (unpaired) electrons. The van der Waals surface area contributed by atoms with Crippen molar-refractivity contribution in [2.45, 2.75) is 53.8 Å². The summed E-state index contributed by atoms with van der Waals surface area (Å²) >= 11 is 0. The Bertz CT molecular complexity index is 411. The molecule has 1 N–H and O–H groups in total. The van der Waals surface area contributed by atoms with Crippen LogP contribution in [-0.4, -0.2) is 28.4 Å². The zero-order chi connectivity index (χ0) is 13.7. The summed E-state index contributed by atoms with van der Waals surface area (Å²) in [4.78, 5) is 11.5. The predicted octanol–water partition coefficient (Wildman–Crippen LogP) is 1.56. The van der Waals surface area contributed by atoms with E-state index >= 15 is 0 Å². The number of aryl methyl sites for hydroxylation is 1. The maximum absolute atomic E-state index is 11.5. The van der Waals surface area contributed by atoms with Gasteiger partial charge in [-0.05, 0) is 20.8 Å². The van der Waals surface area contributed by atoms with Gasteiger partial charge in [0.1, 0.15) is 6.54 Å². The minimum atomic E-state index is -0.244. The summed E-state index contributed by atoms with van der Waals surface area (Å²) in [6.45, 7) is 11.3. The van der Waals surface area contributed by atoms with Crippen LogP contribution in [0.2, 0.25) is 0 Å². The average Bonchev–Trinajstić information content (AvgIpc) is 2.52. The minimum Gasteiger partial charge on any atom is -0.465 e. The van der Waals surface area contributed by atoms with Crippen molar-refractivity contribution < 1.29 is 9.53 Å². The Labute approximate surface area is 109 Å². The van der Waals surface area contributed by atoms with Gasteiger partial charge in [0.25, 0.3) is 0 Å². The normalized spacial score (nSPS) is 11.0. The number of nitrogens with one attached hydrogen (secondary N) is 1. The number of rotatable bonds is 6. The number of hydrogen-bond donors (Lipinski definition) is 1. The molecule has 18 heavy (non-hydrogen) atoms. The lowest BCUT2D eigenvalue weighted by Crippen LogP contribution is -2.22. The van der Waals surface area contributed by atoms with Gasteiger partial charge < -0.3 is 10.1 Å². The van der Waals surface area contributed by atoms with Crippen LogP contribution in [0, 0.1) is 13.8 Å². The summed E-state index contributed by atoms with van der Waals surface area (Å²) in [5, 5.41) is 7.75. The van der Waals surface area contributed by atoms with E-state index in [-0.39, 0.29) is 12.5 Å². The van der Waals surface area contributed by atoms with Crippen LogP contribution in [0.5, 0.6) is 0 Å². The van der Waals surface area contributed by atoms with Gasteiger partial charge in [-0.25, -0.2) is 0 Å². The minimum absolute atomic E-state index is 0.183. The summed E-state index contributed by atoms with van der Waals surface area (Å²) in [6, 6.07) is 0.428. The fourth-order valence-corrected chi connectivity index (χ4v) is 1.78. The molecule has 0 unspecified atom stereocenters. The number of aromatic nitrogens is 2. The molecule has 0 fully saturated rings. The predicted molar refractivity (Wildman–Crippen MR) is 70.3 cm³/mol. The van der Waals surface area contributed by atoms with E-state index in [4.69, 9.17) is 4.74 Å². The highest BCUT2D eigenvalue weighted by atomic mass is 16.5. The number of ether oxygens (including phenoxy) is 1. The first kappa shape index (κ1) is 14.7. The lowest BCUT2D eigenvalue weighted by molar-refractivity contribution is -0.144. The van der Waals surface area contributed by atoms with E-state index in [1.54, 1.807) is 11.6 Å². The molecule has 0 aliphatic heterocycles. The van der Waals surface area contributed by atoms with Crippen LogP contribution in [0.25, 0.3) is 0 Å². The second-order valence-electron chi connectivity index (χ2n) is 4.65. The van der Waals surface area contributed by atoms with Crippen molar-refractivity contribution in [3.8, 4) is 0 Å². The molecular weight excluding hydrogens is 230 g/mol. The third-order valence-electron chi connectivity index (χ3n) is 2.80. The summed E-state index contributed by atoms with van der Waals surface area (Å²) < 4.78 is 6.65. The number of nitrogens with zero attached hydrogens (tertiary/aromatic N) is 2. The largest absolute Gasteiger partial charge is 0.465 e. The zero-order valence-electron chi connectivity index (χ0n) is 11.9. The van der Waals surface area contributed by atoms with E-state index in [0.29, 0.717) is 12.6 Å². The second-order valence-corrected chi connectivity index (χ2v) is 4.65. The number of esters is 1. The first-order valence-electron chi connectivity index (χ1n) is 6.37. The van der Waals surface area contributed by atoms with Gasteiger partial charge in [0.15, 0.2) is 0 Å². The zero-order valence-corrected chi connectivity index (χ0v) is 11.9. The van der Waals surface area contributed by atoms with Gasteiger partial charge in [-0.1, -0.05) is 13.8 Å². The van der Waals surface area contributed by atoms with Gasteiger partial charge >= 0.3 is 5.97 Å². The standard InChI is InChI=1S/C13H23N3O2/c1-6-18-13(17)8-16-11(5)12(10(4)15-16)7-14-9(2)3/h9,14H,6-8H2,1-5H3. The summed E-state index contributed by atoms with van der Waals surface area (Å²) in [5.74, 6) is -0.244. The Hall–Kier alpha value is -1.36. The molecule has 1 aromatic rings. The third-order valence-corrected chi connectivity index (χ3v) is 2.80. The van der Waals surface area contributed by atoms with Crippen LogP contribution in [0.3, 0.4) is 0 Å². The molecule has 1 heterocycles. The van der Waals surface area contributed by atoms with Crippen LogP contribution >= 0.6 is 0 Å². The molecule has 0 saturated carbocycles. The van der Waals surface area contributed by atoms with Gasteiger partial charge in [-0.2, -0.15) is 5.10 Å². The molecule has 5 nitrogen and oxygen atoms in total. The van der Waals surface area contributed by atoms with Crippen molar-refractivity contribution >= 4 is 5.97 Å². The Kier molecular flexibility index (Phi) is 5.34. The topological polar surface area (TPSA) is 56.2 Å². The maximum Gasteiger partial charge on any atom is 0.327 e. The van der Waals surface area contributed by atoms with Gasteiger partial charge in [-0.3, -0.25) is 9.48 Å². The molecule has 1 rings (SSSR count). The fourth-order valence-electron chi connectivity index (χ4n) is 1.78. The van der Waals surface area contributed by atoms with Gasteiger partial charge in [-0.15, -0.1) is 0 Å². The summed E-state index contributed by atoms with van der Waals surface area (Å²) in [7, 11) is 0. The van der Waals surface area contributed by atoms with Gasteiger partial charge in [0, 0.05) is 23.8 Å². The second kappa shape index (κ2) is 6.54.